The van der Waals surface area contributed by atoms with Crippen LogP contribution in [0.25, 0.3) is 5.57 Å². The Morgan fingerprint density at radius 3 is 2.73 bits per heavy atom. The van der Waals surface area contributed by atoms with Crippen molar-refractivity contribution in [3.05, 3.63) is 63.0 Å². The molecule has 26 heavy (non-hydrogen) atoms. The third-order valence-electron chi connectivity index (χ3n) is 5.57. The van der Waals surface area contributed by atoms with Gasteiger partial charge < -0.3 is 0 Å². The molecule has 6 heteroatoms. The number of benzene rings is 2. The van der Waals surface area contributed by atoms with E-state index in [0.717, 1.165) is 12.2 Å². The van der Waals surface area contributed by atoms with Gasteiger partial charge in [-0.15, -0.1) is 0 Å². The zero-order chi connectivity index (χ0) is 17.8. The number of rotatable bonds is 4. The number of imide groups is 1. The maximum atomic E-state index is 12.3. The van der Waals surface area contributed by atoms with E-state index in [1.165, 1.54) is 31.8 Å². The zero-order valence-corrected chi connectivity index (χ0v) is 18.3. The first-order valence-electron chi connectivity index (χ1n) is 8.64. The molecule has 4 aliphatic heterocycles. The molecule has 0 aromatic heterocycles. The quantitative estimate of drug-likeness (QED) is 0.755. The summed E-state index contributed by atoms with van der Waals surface area (Å²) in [6.45, 7) is 0. The van der Waals surface area contributed by atoms with Gasteiger partial charge in [-0.2, -0.15) is 0 Å². The molecule has 1 saturated heterocycles. The summed E-state index contributed by atoms with van der Waals surface area (Å²) >= 11 is -1.11. The minimum atomic E-state index is -2.29. The summed E-state index contributed by atoms with van der Waals surface area (Å²) in [4.78, 5) is 24.0. The Balaban J connectivity index is 1.53. The SMILES string of the molecule is COc1cccc(C[C]2=C3c4cccc[c]4[In]2[CH]3C2SC(=O)NC2=O)c1. The van der Waals surface area contributed by atoms with Crippen LogP contribution in [0.15, 0.2) is 51.9 Å². The monoisotopic (exact) mass is 465 g/mol. The van der Waals surface area contributed by atoms with Crippen LogP contribution in [0.4, 0.5) is 4.79 Å². The third-order valence-corrected chi connectivity index (χ3v) is 18.5. The van der Waals surface area contributed by atoms with Crippen molar-refractivity contribution in [1.29, 1.82) is 0 Å². The fourth-order valence-corrected chi connectivity index (χ4v) is 19.1. The molecule has 0 saturated carbocycles. The molecular formula is C20H16InNO3S. The van der Waals surface area contributed by atoms with Crippen molar-refractivity contribution in [3.8, 4) is 5.75 Å². The maximum absolute atomic E-state index is 12.3. The van der Waals surface area contributed by atoms with Gasteiger partial charge in [0.15, 0.2) is 0 Å². The van der Waals surface area contributed by atoms with E-state index in [1.807, 2.05) is 12.1 Å². The number of allylic oxidation sites excluding steroid dienone is 2. The zero-order valence-electron chi connectivity index (χ0n) is 14.2. The second-order valence-corrected chi connectivity index (χ2v) is 16.5. The van der Waals surface area contributed by atoms with Gasteiger partial charge in [0.2, 0.25) is 0 Å². The first-order chi connectivity index (χ1) is 12.7. The Bertz CT molecular complexity index is 987. The summed E-state index contributed by atoms with van der Waals surface area (Å²) in [6.07, 6.45) is 0.936. The van der Waals surface area contributed by atoms with Gasteiger partial charge in [0.25, 0.3) is 0 Å². The normalized spacial score (nSPS) is 23.0. The van der Waals surface area contributed by atoms with E-state index in [4.69, 9.17) is 4.74 Å². The average Bonchev–Trinajstić information content (AvgIpc) is 3.26. The van der Waals surface area contributed by atoms with E-state index in [1.54, 1.807) is 10.4 Å². The number of methoxy groups -OCH3 is 1. The van der Waals surface area contributed by atoms with Gasteiger partial charge in [-0.25, -0.2) is 0 Å². The van der Waals surface area contributed by atoms with Crippen molar-refractivity contribution >= 4 is 53.2 Å². The van der Waals surface area contributed by atoms with Crippen molar-refractivity contribution in [3.63, 3.8) is 0 Å². The number of hydrogen-bond donors (Lipinski definition) is 1. The van der Waals surface area contributed by atoms with Crippen molar-refractivity contribution in [1.82, 2.24) is 5.32 Å². The van der Waals surface area contributed by atoms with Gasteiger partial charge in [0.1, 0.15) is 0 Å². The summed E-state index contributed by atoms with van der Waals surface area (Å²) in [6, 6.07) is 16.8. The van der Waals surface area contributed by atoms with Crippen molar-refractivity contribution in [2.75, 3.05) is 7.11 Å². The van der Waals surface area contributed by atoms with Crippen LogP contribution in [-0.2, 0) is 11.2 Å². The van der Waals surface area contributed by atoms with E-state index >= 15 is 0 Å². The first-order valence-corrected chi connectivity index (χ1v) is 14.7. The van der Waals surface area contributed by atoms with Gasteiger partial charge in [0, 0.05) is 0 Å². The van der Waals surface area contributed by atoms with Crippen LogP contribution in [0.2, 0.25) is 3.67 Å². The molecule has 2 aromatic rings. The van der Waals surface area contributed by atoms with Crippen LogP contribution in [0, 0.1) is 0 Å². The molecule has 0 aliphatic carbocycles. The minimum absolute atomic E-state index is 0.0996. The number of thioether (sulfide) groups is 1. The number of amides is 2. The fraction of sp³-hybridized carbons (Fsp3) is 0.200. The van der Waals surface area contributed by atoms with E-state index in [0.29, 0.717) is 3.67 Å². The summed E-state index contributed by atoms with van der Waals surface area (Å²) in [5, 5.41) is 2.05. The summed E-state index contributed by atoms with van der Waals surface area (Å²) in [5.41, 5.74) is 3.94. The number of nitrogens with one attached hydrogen (secondary N) is 1. The van der Waals surface area contributed by atoms with Gasteiger partial charge in [0.05, 0.1) is 0 Å². The van der Waals surface area contributed by atoms with Crippen molar-refractivity contribution in [2.24, 2.45) is 0 Å². The van der Waals surface area contributed by atoms with Gasteiger partial charge >= 0.3 is 164 Å². The fourth-order valence-electron chi connectivity index (χ4n) is 4.56. The van der Waals surface area contributed by atoms with Crippen LogP contribution in [-0.4, -0.2) is 44.9 Å². The predicted octanol–water partition coefficient (Wildman–Crippen LogP) is 2.68. The molecule has 2 aromatic carbocycles. The molecule has 2 atom stereocenters. The topological polar surface area (TPSA) is 55.4 Å². The van der Waals surface area contributed by atoms with E-state index in [2.05, 4.69) is 41.7 Å². The van der Waals surface area contributed by atoms with Crippen molar-refractivity contribution in [2.45, 2.75) is 15.3 Å². The molecule has 2 bridgehead atoms. The molecule has 4 aliphatic rings. The van der Waals surface area contributed by atoms with Gasteiger partial charge in [-0.05, 0) is 0 Å². The molecule has 1 fully saturated rings. The summed E-state index contributed by atoms with van der Waals surface area (Å²) in [5.74, 6) is 0.776. The third kappa shape index (κ3) is 2.38. The second-order valence-electron chi connectivity index (χ2n) is 6.87. The van der Waals surface area contributed by atoms with Gasteiger partial charge in [-0.3, -0.25) is 0 Å². The summed E-state index contributed by atoms with van der Waals surface area (Å²) in [7, 11) is 1.69. The molecular weight excluding hydrogens is 449 g/mol. The Labute approximate surface area is 163 Å². The van der Waals surface area contributed by atoms with E-state index < -0.39 is 21.4 Å². The molecule has 0 spiro atoms. The molecule has 4 heterocycles. The molecule has 0 radical (unpaired) electrons. The molecule has 2 amide bonds. The number of carbonyl (C=O) groups is 2. The van der Waals surface area contributed by atoms with E-state index in [-0.39, 0.29) is 16.4 Å². The van der Waals surface area contributed by atoms with Crippen LogP contribution >= 0.6 is 11.8 Å². The number of carbonyl (C=O) groups excluding carboxylic acids is 2. The summed E-state index contributed by atoms with van der Waals surface area (Å²) < 4.78 is 8.75. The second kappa shape index (κ2) is 6.20. The van der Waals surface area contributed by atoms with Crippen LogP contribution in [0.3, 0.4) is 0 Å². The van der Waals surface area contributed by atoms with Crippen molar-refractivity contribution < 1.29 is 14.3 Å². The Morgan fingerprint density at radius 1 is 1.15 bits per heavy atom. The Kier molecular flexibility index (Phi) is 3.94. The number of ether oxygens (including phenoxy) is 1. The molecule has 128 valence electrons. The molecule has 6 rings (SSSR count). The molecule has 4 nitrogen and oxygen atoms in total. The predicted molar refractivity (Wildman–Crippen MR) is 104 cm³/mol. The van der Waals surface area contributed by atoms with Gasteiger partial charge in [-0.1, -0.05) is 0 Å². The first kappa shape index (κ1) is 16.5. The van der Waals surface area contributed by atoms with Crippen LogP contribution < -0.4 is 13.4 Å². The van der Waals surface area contributed by atoms with Crippen LogP contribution in [0.1, 0.15) is 11.1 Å². The molecule has 2 unspecified atom stereocenters. The Morgan fingerprint density at radius 2 is 2.00 bits per heavy atom. The van der Waals surface area contributed by atoms with Crippen LogP contribution in [0.5, 0.6) is 5.75 Å². The number of hydrogen-bond acceptors (Lipinski definition) is 4. The molecule has 1 N–H and O–H groups in total. The average molecular weight is 465 g/mol. The standard InChI is InChI=1S/C20H16NO3S.In/c1-24-17-9-5-6-14(12-17)10-11-16(15-7-3-2-4-8-15)13-18-19(22)21-20(23)25-18;/h2-7,9,12-13,18H,10H2,1H3,(H,21,22,23);. The Hall–Kier alpha value is -1.66. The van der Waals surface area contributed by atoms with E-state index in [9.17, 15) is 9.59 Å².